The van der Waals surface area contributed by atoms with Gasteiger partial charge >= 0.3 is 18.2 Å². The van der Waals surface area contributed by atoms with Crippen LogP contribution >= 0.6 is 23.2 Å². The molecule has 2 fully saturated rings. The van der Waals surface area contributed by atoms with Crippen molar-refractivity contribution in [3.05, 3.63) is 131 Å². The van der Waals surface area contributed by atoms with E-state index in [9.17, 15) is 19.2 Å². The van der Waals surface area contributed by atoms with Crippen LogP contribution in [-0.2, 0) is 9.47 Å². The molecule has 2 saturated carbocycles. The van der Waals surface area contributed by atoms with Gasteiger partial charge in [-0.25, -0.2) is 34.3 Å². The topological polar surface area (TPSA) is 302 Å². The molecule has 10 rings (SSSR count). The van der Waals surface area contributed by atoms with Crippen LogP contribution in [0.4, 0.5) is 32.9 Å². The van der Waals surface area contributed by atoms with Gasteiger partial charge in [0.25, 0.3) is 5.91 Å². The van der Waals surface area contributed by atoms with E-state index in [2.05, 4.69) is 66.9 Å². The van der Waals surface area contributed by atoms with Gasteiger partial charge in [0.15, 0.2) is 0 Å². The van der Waals surface area contributed by atoms with Gasteiger partial charge in [-0.3, -0.25) is 25.6 Å². The van der Waals surface area contributed by atoms with E-state index in [1.54, 1.807) is 78.2 Å². The van der Waals surface area contributed by atoms with Gasteiger partial charge in [0.05, 0.1) is 39.0 Å². The van der Waals surface area contributed by atoms with E-state index in [1.165, 1.54) is 24.3 Å². The monoisotopic (exact) mass is 1140 g/mol. The fourth-order valence-corrected chi connectivity index (χ4v) is 9.54. The van der Waals surface area contributed by atoms with Crippen LogP contribution in [0.2, 0.25) is 10.0 Å². The Hall–Kier alpha value is -8.40. The third kappa shape index (κ3) is 16.8. The van der Waals surface area contributed by atoms with Gasteiger partial charge in [0.1, 0.15) is 34.0 Å². The number of para-hydroxylation sites is 2. The van der Waals surface area contributed by atoms with E-state index in [0.717, 1.165) is 78.9 Å². The Kier molecular flexibility index (Phi) is 19.0. The number of amides is 3. The van der Waals surface area contributed by atoms with Crippen LogP contribution in [0.25, 0.3) is 44.6 Å². The Bertz CT molecular complexity index is 3470. The second-order valence-electron chi connectivity index (χ2n) is 21.7. The molecule has 23 heteroatoms. The summed E-state index contributed by atoms with van der Waals surface area (Å²) in [6.45, 7) is 10.7. The summed E-state index contributed by atoms with van der Waals surface area (Å²) in [7, 11) is 0. The Morgan fingerprint density at radius 3 is 1.47 bits per heavy atom. The molecule has 0 spiro atoms. The number of hydrogen-bond acceptors (Lipinski definition) is 15. The largest absolute Gasteiger partial charge is 0.478 e. The molecule has 4 aromatic heterocycles. The number of nitrogens with zero attached hydrogens (tertiary/aromatic N) is 6. The second-order valence-corrected chi connectivity index (χ2v) is 22.5. The zero-order chi connectivity index (χ0) is 57.8. The number of carbonyl (C=O) groups excluding carboxylic acids is 3. The molecule has 0 unspecified atom stereocenters. The molecule has 0 bridgehead atoms. The van der Waals surface area contributed by atoms with Crippen molar-refractivity contribution in [3.63, 3.8) is 0 Å². The molecule has 0 saturated heterocycles. The normalized spacial score (nSPS) is 17.0. The maximum absolute atomic E-state index is 12.9. The van der Waals surface area contributed by atoms with Gasteiger partial charge in [-0.05, 0) is 154 Å². The van der Waals surface area contributed by atoms with Crippen LogP contribution in [-0.4, -0.2) is 105 Å². The zero-order valence-electron chi connectivity index (χ0n) is 45.8. The number of ether oxygens (including phenoxy) is 2. The SMILES string of the molecule is CC(C)(C)OC(=O)Nc1ccc(C(=O)N[C@H]2CCC[C@@H](Nc3ncc(Cl)c(-c4n[nH]c5ccccc45)n3)C2)cc1.CC(C)(C)OC(=O)Nc1ccc(C(=O)O)cc1.N[C@H]1CCC[C@@H](Nc2ncc(Cl)c(-c3n[nH]c4ccccc34)n2)C1. The minimum Gasteiger partial charge on any atom is -0.478 e. The number of aromatic amines is 2. The standard InChI is InChI=1S/C29H32ClN7O3.C17H19ClN6.C12H15NO4/c1-29(2,3)40-28(39)34-18-13-11-17(12-14-18)26(38)32-19-7-6-8-20(15-19)33-27-31-16-22(30)25(35-27)24-21-9-4-5-10-23(21)36-37-24;18-13-9-20-17(21-11-5-3-4-10(19)8-11)22-16(13)15-12-6-1-2-7-14(12)23-24-15;1-12(2,3)17-11(16)13-9-6-4-8(5-7-9)10(14)15/h4-5,9-14,16,19-20H,6-8,15H2,1-3H3,(H,32,38)(H,34,39)(H,36,37)(H,31,33,35);1-2,6-7,9-11H,3-5,8,19H2,(H,23,24)(H,20,21,22);4-7H,1-3H3,(H,13,16)(H,14,15)/t19-,20+;10-,11+;/m00./s1. The number of H-pyrrole nitrogens is 2. The van der Waals surface area contributed by atoms with E-state index in [1.807, 2.05) is 48.5 Å². The number of aromatic carboxylic acids is 1. The first kappa shape index (κ1) is 58.7. The van der Waals surface area contributed by atoms with Crippen molar-refractivity contribution < 1.29 is 33.8 Å². The summed E-state index contributed by atoms with van der Waals surface area (Å²) in [4.78, 5) is 64.9. The van der Waals surface area contributed by atoms with Crippen LogP contribution in [0.1, 0.15) is 114 Å². The number of carboxylic acids is 1. The van der Waals surface area contributed by atoms with Crippen LogP contribution in [0.3, 0.4) is 0 Å². The number of aromatic nitrogens is 8. The maximum Gasteiger partial charge on any atom is 0.412 e. The molecular weight excluding hydrogens is 1080 g/mol. The van der Waals surface area contributed by atoms with Crippen molar-refractivity contribution in [1.82, 2.24) is 45.6 Å². The average molecular weight is 1140 g/mol. The molecular formula is C58H66Cl2N14O7. The van der Waals surface area contributed by atoms with Gasteiger partial charge in [-0.2, -0.15) is 10.2 Å². The predicted octanol–water partition coefficient (Wildman–Crippen LogP) is 12.3. The lowest BCUT2D eigenvalue weighted by atomic mass is 9.91. The molecule has 0 radical (unpaired) electrons. The Morgan fingerprint density at radius 1 is 0.580 bits per heavy atom. The first-order chi connectivity index (χ1) is 38.6. The summed E-state index contributed by atoms with van der Waals surface area (Å²) < 4.78 is 10.3. The lowest BCUT2D eigenvalue weighted by Crippen LogP contribution is -2.42. The average Bonchev–Trinajstić information content (AvgIpc) is 4.17. The number of halogens is 2. The molecule has 4 aromatic carbocycles. The number of hydrogen-bond donors (Lipinski definition) is 9. The van der Waals surface area contributed by atoms with Gasteiger partial charge in [-0.1, -0.05) is 59.6 Å². The van der Waals surface area contributed by atoms with Crippen molar-refractivity contribution in [2.45, 2.75) is 128 Å². The Morgan fingerprint density at radius 2 is 1.01 bits per heavy atom. The fourth-order valence-electron chi connectivity index (χ4n) is 9.18. The summed E-state index contributed by atoms with van der Waals surface area (Å²) in [5, 5.41) is 41.5. The molecule has 10 N–H and O–H groups in total. The molecule has 8 aromatic rings. The van der Waals surface area contributed by atoms with Gasteiger partial charge in [0, 0.05) is 51.9 Å². The van der Waals surface area contributed by atoms with Crippen LogP contribution in [0.15, 0.2) is 109 Å². The summed E-state index contributed by atoms with van der Waals surface area (Å²) in [5.74, 6) is -0.129. The Labute approximate surface area is 478 Å². The first-order valence-corrected chi connectivity index (χ1v) is 27.3. The zero-order valence-corrected chi connectivity index (χ0v) is 47.3. The molecule has 2 aliphatic carbocycles. The van der Waals surface area contributed by atoms with Gasteiger partial charge in [-0.15, -0.1) is 0 Å². The summed E-state index contributed by atoms with van der Waals surface area (Å²) >= 11 is 12.8. The van der Waals surface area contributed by atoms with E-state index in [-0.39, 0.29) is 29.6 Å². The highest BCUT2D eigenvalue weighted by Gasteiger charge is 2.26. The molecule has 21 nitrogen and oxygen atoms in total. The highest BCUT2D eigenvalue weighted by Crippen LogP contribution is 2.33. The summed E-state index contributed by atoms with van der Waals surface area (Å²) in [5.41, 5.74) is 11.1. The number of anilines is 4. The molecule has 81 heavy (non-hydrogen) atoms. The number of carboxylic acid groups (broad SMARTS) is 1. The molecule has 3 amide bonds. The van der Waals surface area contributed by atoms with Crippen LogP contribution in [0.5, 0.6) is 0 Å². The number of carbonyl (C=O) groups is 4. The van der Waals surface area contributed by atoms with Crippen LogP contribution in [0, 0.1) is 0 Å². The molecule has 4 atom stereocenters. The number of fused-ring (bicyclic) bond motifs is 2. The highest BCUT2D eigenvalue weighted by atomic mass is 35.5. The number of nitrogens with two attached hydrogens (primary N) is 1. The maximum atomic E-state index is 12.9. The summed E-state index contributed by atoms with van der Waals surface area (Å²) in [6.07, 6.45) is 9.83. The lowest BCUT2D eigenvalue weighted by Gasteiger charge is -2.30. The first-order valence-electron chi connectivity index (χ1n) is 26.6. The van der Waals surface area contributed by atoms with Crippen LogP contribution < -0.4 is 32.3 Å². The van der Waals surface area contributed by atoms with E-state index in [4.69, 9.17) is 43.5 Å². The van der Waals surface area contributed by atoms with Crippen molar-refractivity contribution >= 4 is 92.3 Å². The minimum absolute atomic E-state index is 0.000342. The quantitative estimate of drug-likeness (QED) is 0.0581. The molecule has 2 aliphatic rings. The third-order valence-corrected chi connectivity index (χ3v) is 13.4. The molecule has 424 valence electrons. The number of nitrogens with one attached hydrogen (secondary N) is 7. The second kappa shape index (κ2) is 26.2. The third-order valence-electron chi connectivity index (χ3n) is 12.8. The predicted molar refractivity (Wildman–Crippen MR) is 315 cm³/mol. The summed E-state index contributed by atoms with van der Waals surface area (Å²) in [6, 6.07) is 28.9. The van der Waals surface area contributed by atoms with Crippen molar-refractivity contribution in [3.8, 4) is 22.8 Å². The van der Waals surface area contributed by atoms with Gasteiger partial charge < -0.3 is 36.3 Å². The molecule has 4 heterocycles. The van der Waals surface area contributed by atoms with E-state index < -0.39 is 29.4 Å². The van der Waals surface area contributed by atoms with Crippen molar-refractivity contribution in [1.29, 1.82) is 0 Å². The van der Waals surface area contributed by atoms with E-state index in [0.29, 0.717) is 62.0 Å². The molecule has 0 aliphatic heterocycles. The minimum atomic E-state index is -1.01. The lowest BCUT2D eigenvalue weighted by molar-refractivity contribution is 0.0624. The van der Waals surface area contributed by atoms with Crippen molar-refractivity contribution in [2.24, 2.45) is 5.73 Å². The van der Waals surface area contributed by atoms with E-state index >= 15 is 0 Å². The Balaban J connectivity index is 0.000000177. The van der Waals surface area contributed by atoms with Crippen molar-refractivity contribution in [2.75, 3.05) is 21.3 Å². The van der Waals surface area contributed by atoms with Gasteiger partial charge in [0.2, 0.25) is 11.9 Å². The highest BCUT2D eigenvalue weighted by molar-refractivity contribution is 6.33. The number of benzene rings is 4. The smallest absolute Gasteiger partial charge is 0.412 e. The fraction of sp³-hybridized carbons (Fsp3) is 0.345. The number of rotatable bonds is 11.